The highest BCUT2D eigenvalue weighted by atomic mass is 16.4. The van der Waals surface area contributed by atoms with Gasteiger partial charge in [0.25, 0.3) is 0 Å². The van der Waals surface area contributed by atoms with E-state index in [1.54, 1.807) is 4.90 Å². The van der Waals surface area contributed by atoms with Gasteiger partial charge in [-0.25, -0.2) is 9.59 Å². The van der Waals surface area contributed by atoms with Crippen molar-refractivity contribution in [2.45, 2.75) is 52.2 Å². The molecule has 0 fully saturated rings. The molecular weight excluding hydrogens is 268 g/mol. The second-order valence-corrected chi connectivity index (χ2v) is 5.34. The number of carboxylic acids is 1. The molecule has 21 heavy (non-hydrogen) atoms. The number of urea groups is 1. The van der Waals surface area contributed by atoms with Crippen molar-refractivity contribution in [1.82, 2.24) is 10.2 Å². The molecule has 1 rings (SSSR count). The Hall–Kier alpha value is -2.04. The number of aliphatic carboxylic acids is 1. The van der Waals surface area contributed by atoms with Crippen molar-refractivity contribution in [2.24, 2.45) is 0 Å². The lowest BCUT2D eigenvalue weighted by Crippen LogP contribution is -2.49. The van der Waals surface area contributed by atoms with Crippen molar-refractivity contribution < 1.29 is 14.7 Å². The SMILES string of the molecule is CCC[C@H](NC(=O)N(Cc1ccccc1)C(C)C)C(=O)O. The largest absolute Gasteiger partial charge is 0.480 e. The fraction of sp³-hybridized carbons (Fsp3) is 0.500. The van der Waals surface area contributed by atoms with Crippen molar-refractivity contribution in [1.29, 1.82) is 0 Å². The van der Waals surface area contributed by atoms with Gasteiger partial charge in [0, 0.05) is 12.6 Å². The summed E-state index contributed by atoms with van der Waals surface area (Å²) in [5.74, 6) is -0.992. The normalized spacial score (nSPS) is 12.0. The summed E-state index contributed by atoms with van der Waals surface area (Å²) in [7, 11) is 0. The molecule has 1 atom stereocenters. The molecule has 0 aliphatic carbocycles. The zero-order chi connectivity index (χ0) is 15.8. The predicted molar refractivity (Wildman–Crippen MR) is 82.0 cm³/mol. The number of nitrogens with zero attached hydrogens (tertiary/aromatic N) is 1. The van der Waals surface area contributed by atoms with Gasteiger partial charge in [-0.3, -0.25) is 0 Å². The minimum Gasteiger partial charge on any atom is -0.480 e. The summed E-state index contributed by atoms with van der Waals surface area (Å²) in [6.45, 7) is 6.19. The molecule has 0 aromatic heterocycles. The Labute approximate surface area is 126 Å². The number of hydrogen-bond acceptors (Lipinski definition) is 2. The van der Waals surface area contributed by atoms with Crippen molar-refractivity contribution in [3.63, 3.8) is 0 Å². The first-order valence-electron chi connectivity index (χ1n) is 7.29. The van der Waals surface area contributed by atoms with E-state index in [9.17, 15) is 9.59 Å². The molecule has 0 aliphatic rings. The third-order valence-corrected chi connectivity index (χ3v) is 3.25. The van der Waals surface area contributed by atoms with E-state index in [1.165, 1.54) is 0 Å². The average molecular weight is 292 g/mol. The summed E-state index contributed by atoms with van der Waals surface area (Å²) in [5.41, 5.74) is 1.02. The van der Waals surface area contributed by atoms with Gasteiger partial charge in [0.2, 0.25) is 0 Å². The van der Waals surface area contributed by atoms with Gasteiger partial charge in [-0.1, -0.05) is 43.7 Å². The maximum Gasteiger partial charge on any atom is 0.326 e. The highest BCUT2D eigenvalue weighted by Gasteiger charge is 2.23. The first-order valence-corrected chi connectivity index (χ1v) is 7.29. The van der Waals surface area contributed by atoms with Crippen LogP contribution in [0.2, 0.25) is 0 Å². The maximum absolute atomic E-state index is 12.3. The first-order chi connectivity index (χ1) is 9.95. The van der Waals surface area contributed by atoms with Crippen LogP contribution < -0.4 is 5.32 Å². The maximum atomic E-state index is 12.3. The standard InChI is InChI=1S/C16H24N2O3/c1-4-8-14(15(19)20)17-16(21)18(12(2)3)11-13-9-6-5-7-10-13/h5-7,9-10,12,14H,4,8,11H2,1-3H3,(H,17,21)(H,19,20)/t14-/m0/s1. The first kappa shape index (κ1) is 17.0. The van der Waals surface area contributed by atoms with E-state index < -0.39 is 12.0 Å². The second kappa shape index (κ2) is 8.29. The average Bonchev–Trinajstić information content (AvgIpc) is 2.44. The lowest BCUT2D eigenvalue weighted by molar-refractivity contribution is -0.139. The van der Waals surface area contributed by atoms with E-state index in [0.29, 0.717) is 19.4 Å². The van der Waals surface area contributed by atoms with E-state index >= 15 is 0 Å². The Balaban J connectivity index is 2.75. The Kier molecular flexibility index (Phi) is 6.72. The quantitative estimate of drug-likeness (QED) is 0.812. The summed E-state index contributed by atoms with van der Waals surface area (Å²) in [4.78, 5) is 25.1. The van der Waals surface area contributed by atoms with Crippen LogP contribution in [0.5, 0.6) is 0 Å². The number of rotatable bonds is 7. The Bertz CT molecular complexity index is 460. The lowest BCUT2D eigenvalue weighted by Gasteiger charge is -2.28. The number of carboxylic acid groups (broad SMARTS) is 1. The van der Waals surface area contributed by atoms with Gasteiger partial charge in [0.15, 0.2) is 0 Å². The van der Waals surface area contributed by atoms with Crippen molar-refractivity contribution in [3.05, 3.63) is 35.9 Å². The molecule has 5 heteroatoms. The fourth-order valence-corrected chi connectivity index (χ4v) is 2.05. The Morgan fingerprint density at radius 3 is 2.33 bits per heavy atom. The molecule has 0 radical (unpaired) electrons. The molecule has 0 spiro atoms. The van der Waals surface area contributed by atoms with Gasteiger partial charge >= 0.3 is 12.0 Å². The highest BCUT2D eigenvalue weighted by molar-refractivity contribution is 5.82. The molecule has 1 aromatic rings. The smallest absolute Gasteiger partial charge is 0.326 e. The molecule has 0 aliphatic heterocycles. The van der Waals surface area contributed by atoms with Crippen molar-refractivity contribution >= 4 is 12.0 Å². The minimum atomic E-state index is -0.992. The molecule has 116 valence electrons. The van der Waals surface area contributed by atoms with Gasteiger partial charge < -0.3 is 15.3 Å². The molecule has 2 amide bonds. The second-order valence-electron chi connectivity index (χ2n) is 5.34. The molecular formula is C16H24N2O3. The molecule has 0 saturated carbocycles. The van der Waals surface area contributed by atoms with Gasteiger partial charge in [0.05, 0.1) is 0 Å². The van der Waals surface area contributed by atoms with Gasteiger partial charge in [0.1, 0.15) is 6.04 Å². The van der Waals surface area contributed by atoms with E-state index in [4.69, 9.17) is 5.11 Å². The summed E-state index contributed by atoms with van der Waals surface area (Å²) < 4.78 is 0. The van der Waals surface area contributed by atoms with Crippen molar-refractivity contribution in [2.75, 3.05) is 0 Å². The van der Waals surface area contributed by atoms with Crippen LogP contribution in [0, 0.1) is 0 Å². The van der Waals surface area contributed by atoms with E-state index in [0.717, 1.165) is 5.56 Å². The van der Waals surface area contributed by atoms with Crippen LogP contribution in [0.4, 0.5) is 4.79 Å². The number of nitrogens with one attached hydrogen (secondary N) is 1. The van der Waals surface area contributed by atoms with E-state index in [2.05, 4.69) is 5.32 Å². The van der Waals surface area contributed by atoms with Crippen LogP contribution in [0.15, 0.2) is 30.3 Å². The van der Waals surface area contributed by atoms with E-state index in [1.807, 2.05) is 51.1 Å². The number of amides is 2. The lowest BCUT2D eigenvalue weighted by atomic mass is 10.1. The number of carbonyl (C=O) groups excluding carboxylic acids is 1. The molecule has 0 unspecified atom stereocenters. The Morgan fingerprint density at radius 2 is 1.86 bits per heavy atom. The van der Waals surface area contributed by atoms with Gasteiger partial charge in [-0.2, -0.15) is 0 Å². The molecule has 5 nitrogen and oxygen atoms in total. The monoisotopic (exact) mass is 292 g/mol. The topological polar surface area (TPSA) is 69.6 Å². The number of hydrogen-bond donors (Lipinski definition) is 2. The van der Waals surface area contributed by atoms with Crippen LogP contribution in [0.25, 0.3) is 0 Å². The molecule has 0 saturated heterocycles. The van der Waals surface area contributed by atoms with Crippen molar-refractivity contribution in [3.8, 4) is 0 Å². The summed E-state index contributed by atoms with van der Waals surface area (Å²) in [6, 6.07) is 8.47. The zero-order valence-electron chi connectivity index (χ0n) is 12.9. The zero-order valence-corrected chi connectivity index (χ0v) is 12.9. The third-order valence-electron chi connectivity index (χ3n) is 3.25. The summed E-state index contributed by atoms with van der Waals surface area (Å²) in [5, 5.41) is 11.7. The summed E-state index contributed by atoms with van der Waals surface area (Å²) >= 11 is 0. The van der Waals surface area contributed by atoms with Crippen LogP contribution in [-0.2, 0) is 11.3 Å². The third kappa shape index (κ3) is 5.45. The number of carbonyl (C=O) groups is 2. The van der Waals surface area contributed by atoms with Crippen LogP contribution in [0.1, 0.15) is 39.2 Å². The molecule has 1 aromatic carbocycles. The predicted octanol–water partition coefficient (Wildman–Crippen LogP) is 2.86. The minimum absolute atomic E-state index is 0.0127. The fourth-order valence-electron chi connectivity index (χ4n) is 2.05. The van der Waals surface area contributed by atoms with Gasteiger partial charge in [-0.05, 0) is 25.8 Å². The van der Waals surface area contributed by atoms with Crippen LogP contribution >= 0.6 is 0 Å². The van der Waals surface area contributed by atoms with E-state index in [-0.39, 0.29) is 12.1 Å². The summed E-state index contributed by atoms with van der Waals surface area (Å²) in [6.07, 6.45) is 1.13. The van der Waals surface area contributed by atoms with Crippen LogP contribution in [0.3, 0.4) is 0 Å². The molecule has 0 bridgehead atoms. The molecule has 2 N–H and O–H groups in total. The Morgan fingerprint density at radius 1 is 1.24 bits per heavy atom. The van der Waals surface area contributed by atoms with Crippen LogP contribution in [-0.4, -0.2) is 34.1 Å². The highest BCUT2D eigenvalue weighted by Crippen LogP contribution is 2.09. The number of benzene rings is 1. The van der Waals surface area contributed by atoms with Gasteiger partial charge in [-0.15, -0.1) is 0 Å². The molecule has 0 heterocycles.